The van der Waals surface area contributed by atoms with Gasteiger partial charge in [0.2, 0.25) is 15.9 Å². The largest absolute Gasteiger partial charge is 0.355 e. The molecule has 0 rings (SSSR count). The lowest BCUT2D eigenvalue weighted by Gasteiger charge is -2.18. The molecule has 6 heteroatoms. The van der Waals surface area contributed by atoms with Gasteiger partial charge in [0.05, 0.1) is 11.8 Å². The average molecular weight is 236 g/mol. The van der Waals surface area contributed by atoms with Crippen molar-refractivity contribution in [2.45, 2.75) is 32.4 Å². The normalized spacial score (nSPS) is 12.1. The molecular weight excluding hydrogens is 216 g/mol. The van der Waals surface area contributed by atoms with Gasteiger partial charge >= 0.3 is 0 Å². The third kappa shape index (κ3) is 4.61. The summed E-state index contributed by atoms with van der Waals surface area (Å²) in [4.78, 5) is 11.3. The molecule has 0 aromatic carbocycles. The van der Waals surface area contributed by atoms with E-state index in [1.165, 1.54) is 7.05 Å². The van der Waals surface area contributed by atoms with Crippen molar-refractivity contribution in [2.75, 3.05) is 20.1 Å². The topological polar surface area (TPSA) is 66.5 Å². The quantitative estimate of drug-likeness (QED) is 0.715. The Morgan fingerprint density at radius 2 is 1.93 bits per heavy atom. The fourth-order valence-electron chi connectivity index (χ4n) is 0.972. The van der Waals surface area contributed by atoms with Gasteiger partial charge in [0.1, 0.15) is 0 Å². The minimum atomic E-state index is -3.32. The van der Waals surface area contributed by atoms with Gasteiger partial charge in [0.25, 0.3) is 0 Å². The summed E-state index contributed by atoms with van der Waals surface area (Å²) in [6.07, 6.45) is 0.840. The number of nitrogens with zero attached hydrogens (tertiary/aromatic N) is 1. The van der Waals surface area contributed by atoms with Crippen molar-refractivity contribution in [1.82, 2.24) is 9.62 Å². The van der Waals surface area contributed by atoms with Crippen molar-refractivity contribution in [1.29, 1.82) is 0 Å². The fraction of sp³-hybridized carbons (Fsp3) is 0.889. The van der Waals surface area contributed by atoms with Gasteiger partial charge in [-0.05, 0) is 20.3 Å². The maximum atomic E-state index is 11.6. The van der Waals surface area contributed by atoms with Crippen LogP contribution in [0, 0.1) is 0 Å². The van der Waals surface area contributed by atoms with Crippen LogP contribution >= 0.6 is 0 Å². The Hall–Kier alpha value is -0.620. The molecule has 1 amide bonds. The van der Waals surface area contributed by atoms with E-state index in [-0.39, 0.29) is 12.5 Å². The summed E-state index contributed by atoms with van der Waals surface area (Å²) < 4.78 is 24.3. The number of carbonyl (C=O) groups excluding carboxylic acids is 1. The summed E-state index contributed by atoms with van der Waals surface area (Å²) in [5, 5.41) is 2.13. The van der Waals surface area contributed by atoms with Crippen LogP contribution in [0.4, 0.5) is 0 Å². The zero-order valence-electron chi connectivity index (χ0n) is 9.78. The zero-order valence-corrected chi connectivity index (χ0v) is 10.6. The van der Waals surface area contributed by atoms with Crippen LogP contribution in [-0.2, 0) is 14.8 Å². The first-order valence-electron chi connectivity index (χ1n) is 5.04. The summed E-state index contributed by atoms with van der Waals surface area (Å²) in [6, 6.07) is 0. The van der Waals surface area contributed by atoms with Crippen LogP contribution in [0.2, 0.25) is 0 Å². The number of likely N-dealkylation sites (N-methyl/N-ethyl adjacent to an activating group) is 1. The number of hydrogen-bond acceptors (Lipinski definition) is 3. The second-order valence-corrected chi connectivity index (χ2v) is 6.30. The van der Waals surface area contributed by atoms with Gasteiger partial charge in [-0.1, -0.05) is 6.92 Å². The summed E-state index contributed by atoms with van der Waals surface area (Å²) in [6.45, 7) is 5.59. The summed E-state index contributed by atoms with van der Waals surface area (Å²) >= 11 is 0. The highest BCUT2D eigenvalue weighted by atomic mass is 32.2. The summed E-state index contributed by atoms with van der Waals surface area (Å²) in [5.74, 6) is -0.261. The van der Waals surface area contributed by atoms with Crippen LogP contribution < -0.4 is 5.32 Å². The van der Waals surface area contributed by atoms with E-state index in [1.54, 1.807) is 13.8 Å². The maximum absolute atomic E-state index is 11.6. The minimum Gasteiger partial charge on any atom is -0.355 e. The van der Waals surface area contributed by atoms with E-state index in [2.05, 4.69) is 5.32 Å². The highest BCUT2D eigenvalue weighted by Crippen LogP contribution is 2.04. The van der Waals surface area contributed by atoms with E-state index < -0.39 is 15.3 Å². The molecule has 0 saturated carbocycles. The Morgan fingerprint density at radius 1 is 1.40 bits per heavy atom. The Labute approximate surface area is 91.9 Å². The third-order valence-corrected chi connectivity index (χ3v) is 4.16. The number of hydrogen-bond donors (Lipinski definition) is 1. The molecule has 0 fully saturated rings. The highest BCUT2D eigenvalue weighted by Gasteiger charge is 2.23. The maximum Gasteiger partial charge on any atom is 0.235 e. The lowest BCUT2D eigenvalue weighted by molar-refractivity contribution is -0.121. The molecule has 0 saturated heterocycles. The van der Waals surface area contributed by atoms with Crippen molar-refractivity contribution in [3.05, 3.63) is 0 Å². The van der Waals surface area contributed by atoms with Gasteiger partial charge < -0.3 is 5.32 Å². The predicted octanol–water partition coefficient (Wildman–Crippen LogP) is 0.183. The van der Waals surface area contributed by atoms with E-state index in [0.29, 0.717) is 6.54 Å². The minimum absolute atomic E-state index is 0.111. The van der Waals surface area contributed by atoms with Crippen LogP contribution in [-0.4, -0.2) is 44.0 Å². The van der Waals surface area contributed by atoms with Crippen molar-refractivity contribution in [3.63, 3.8) is 0 Å². The monoisotopic (exact) mass is 236 g/mol. The molecule has 0 heterocycles. The third-order valence-electron chi connectivity index (χ3n) is 1.97. The van der Waals surface area contributed by atoms with E-state index >= 15 is 0 Å². The Morgan fingerprint density at radius 3 is 2.33 bits per heavy atom. The Bertz CT molecular complexity index is 298. The van der Waals surface area contributed by atoms with Crippen molar-refractivity contribution in [2.24, 2.45) is 0 Å². The molecule has 0 aromatic rings. The van der Waals surface area contributed by atoms with Gasteiger partial charge in [-0.3, -0.25) is 4.79 Å². The van der Waals surface area contributed by atoms with Crippen molar-refractivity contribution in [3.8, 4) is 0 Å². The predicted molar refractivity (Wildman–Crippen MR) is 60.0 cm³/mol. The van der Waals surface area contributed by atoms with Crippen LogP contribution in [0.1, 0.15) is 27.2 Å². The van der Waals surface area contributed by atoms with Gasteiger partial charge in [-0.2, -0.15) is 4.31 Å². The van der Waals surface area contributed by atoms with E-state index in [1.807, 2.05) is 6.92 Å². The summed E-state index contributed by atoms with van der Waals surface area (Å²) in [5.41, 5.74) is 0. The second kappa shape index (κ2) is 6.07. The van der Waals surface area contributed by atoms with Crippen LogP contribution in [0.3, 0.4) is 0 Å². The lowest BCUT2D eigenvalue weighted by atomic mass is 10.4. The fourth-order valence-corrected chi connectivity index (χ4v) is 1.99. The number of carbonyl (C=O) groups is 1. The molecule has 90 valence electrons. The number of amides is 1. The molecule has 0 aliphatic heterocycles. The number of rotatable bonds is 6. The Balaban J connectivity index is 4.25. The zero-order chi connectivity index (χ0) is 12.1. The molecular formula is C9H20N2O3S. The van der Waals surface area contributed by atoms with E-state index in [0.717, 1.165) is 10.7 Å². The molecule has 0 unspecified atom stereocenters. The van der Waals surface area contributed by atoms with Crippen molar-refractivity contribution >= 4 is 15.9 Å². The molecule has 0 aliphatic carbocycles. The van der Waals surface area contributed by atoms with Crippen molar-refractivity contribution < 1.29 is 13.2 Å². The molecule has 0 bridgehead atoms. The first kappa shape index (κ1) is 14.4. The standard InChI is InChI=1S/C9H20N2O3S/c1-5-6-10-9(12)7-11(4)15(13,14)8(2)3/h8H,5-7H2,1-4H3,(H,10,12). The average Bonchev–Trinajstić information content (AvgIpc) is 2.14. The number of nitrogens with one attached hydrogen (secondary N) is 1. The van der Waals surface area contributed by atoms with E-state index in [9.17, 15) is 13.2 Å². The lowest BCUT2D eigenvalue weighted by Crippen LogP contribution is -2.41. The highest BCUT2D eigenvalue weighted by molar-refractivity contribution is 7.89. The van der Waals surface area contributed by atoms with Gasteiger partial charge in [0, 0.05) is 13.6 Å². The molecule has 0 atom stereocenters. The molecule has 0 aromatic heterocycles. The molecule has 0 aliphatic rings. The van der Waals surface area contributed by atoms with Gasteiger partial charge in [-0.25, -0.2) is 8.42 Å². The van der Waals surface area contributed by atoms with E-state index in [4.69, 9.17) is 0 Å². The van der Waals surface area contributed by atoms with Crippen LogP contribution in [0.15, 0.2) is 0 Å². The SMILES string of the molecule is CCCNC(=O)CN(C)S(=O)(=O)C(C)C. The number of sulfonamides is 1. The molecule has 15 heavy (non-hydrogen) atoms. The molecule has 0 radical (unpaired) electrons. The summed E-state index contributed by atoms with van der Waals surface area (Å²) in [7, 11) is -1.91. The first-order chi connectivity index (χ1) is 6.82. The molecule has 1 N–H and O–H groups in total. The Kier molecular flexibility index (Phi) is 5.82. The van der Waals surface area contributed by atoms with Crippen LogP contribution in [0.5, 0.6) is 0 Å². The van der Waals surface area contributed by atoms with Crippen LogP contribution in [0.25, 0.3) is 0 Å². The van der Waals surface area contributed by atoms with Gasteiger partial charge in [-0.15, -0.1) is 0 Å². The smallest absolute Gasteiger partial charge is 0.235 e. The first-order valence-corrected chi connectivity index (χ1v) is 6.54. The van der Waals surface area contributed by atoms with Gasteiger partial charge in [0.15, 0.2) is 0 Å². The molecule has 5 nitrogen and oxygen atoms in total. The molecule has 0 spiro atoms. The second-order valence-electron chi connectivity index (χ2n) is 3.70.